The Hall–Kier alpha value is -2.82. The molecule has 0 saturated carbocycles. The molecule has 2 amide bonds. The predicted octanol–water partition coefficient (Wildman–Crippen LogP) is 3.82. The van der Waals surface area contributed by atoms with E-state index < -0.39 is 6.10 Å². The minimum Gasteiger partial charge on any atom is -0.481 e. The Morgan fingerprint density at radius 2 is 1.83 bits per heavy atom. The molecule has 2 unspecified atom stereocenters. The first kappa shape index (κ1) is 20.9. The first-order valence-corrected chi connectivity index (χ1v) is 10.4. The highest BCUT2D eigenvalue weighted by Gasteiger charge is 2.31. The summed E-state index contributed by atoms with van der Waals surface area (Å²) in [6, 6.07) is 15.9. The molecule has 0 bridgehead atoms. The summed E-state index contributed by atoms with van der Waals surface area (Å²) in [7, 11) is 0. The topological polar surface area (TPSA) is 49.9 Å². The van der Waals surface area contributed by atoms with Crippen molar-refractivity contribution in [3.8, 4) is 5.75 Å². The molecule has 154 valence electrons. The fourth-order valence-corrected chi connectivity index (χ4v) is 4.05. The number of hydrogen-bond acceptors (Lipinski definition) is 3. The molecule has 5 nitrogen and oxygen atoms in total. The summed E-state index contributed by atoms with van der Waals surface area (Å²) in [5, 5.41) is 0. The van der Waals surface area contributed by atoms with Crippen molar-refractivity contribution < 1.29 is 14.3 Å². The zero-order chi connectivity index (χ0) is 21.0. The lowest BCUT2D eigenvalue weighted by Crippen LogP contribution is -2.40. The Bertz CT molecular complexity index is 862. The van der Waals surface area contributed by atoms with Crippen LogP contribution in [-0.2, 0) is 16.0 Å². The van der Waals surface area contributed by atoms with Crippen LogP contribution in [0.4, 0.5) is 0 Å². The second kappa shape index (κ2) is 9.12. The fraction of sp³-hybridized carbons (Fsp3) is 0.417. The van der Waals surface area contributed by atoms with Crippen molar-refractivity contribution in [2.75, 3.05) is 19.6 Å². The highest BCUT2D eigenvalue weighted by atomic mass is 16.5. The van der Waals surface area contributed by atoms with Crippen LogP contribution in [0.15, 0.2) is 48.5 Å². The quantitative estimate of drug-likeness (QED) is 0.748. The highest BCUT2D eigenvalue weighted by Crippen LogP contribution is 2.37. The Labute approximate surface area is 173 Å². The van der Waals surface area contributed by atoms with E-state index >= 15 is 0 Å². The Kier molecular flexibility index (Phi) is 6.57. The lowest BCUT2D eigenvalue weighted by molar-refractivity contribution is -0.137. The summed E-state index contributed by atoms with van der Waals surface area (Å²) in [6.07, 6.45) is 0.252. The molecule has 3 rings (SSSR count). The number of carbonyl (C=O) groups excluding carboxylic acids is 2. The van der Waals surface area contributed by atoms with Gasteiger partial charge in [0.25, 0.3) is 5.91 Å². The standard InChI is InChI=1S/C24H30N2O3/c1-5-25(6-2)24(28)17(3)29-21-13-12-19-14-15-26(18(4)27)23(22(19)16-21)20-10-8-7-9-11-20/h7-13,16-17,23H,5-6,14-15H2,1-4H3. The second-order valence-corrected chi connectivity index (χ2v) is 7.41. The summed E-state index contributed by atoms with van der Waals surface area (Å²) in [6.45, 7) is 9.36. The predicted molar refractivity (Wildman–Crippen MR) is 114 cm³/mol. The second-order valence-electron chi connectivity index (χ2n) is 7.41. The number of likely N-dealkylation sites (N-methyl/N-ethyl adjacent to an activating group) is 1. The zero-order valence-electron chi connectivity index (χ0n) is 17.7. The van der Waals surface area contributed by atoms with Gasteiger partial charge in [-0.3, -0.25) is 9.59 Å². The number of ether oxygens (including phenoxy) is 1. The summed E-state index contributed by atoms with van der Waals surface area (Å²) in [4.78, 5) is 28.6. The largest absolute Gasteiger partial charge is 0.481 e. The zero-order valence-corrected chi connectivity index (χ0v) is 17.7. The van der Waals surface area contributed by atoms with Crippen molar-refractivity contribution in [2.45, 2.75) is 46.3 Å². The van der Waals surface area contributed by atoms with Crippen LogP contribution in [0.3, 0.4) is 0 Å². The van der Waals surface area contributed by atoms with Gasteiger partial charge in [0.05, 0.1) is 6.04 Å². The third kappa shape index (κ3) is 4.44. The van der Waals surface area contributed by atoms with Crippen LogP contribution >= 0.6 is 0 Å². The number of nitrogens with zero attached hydrogens (tertiary/aromatic N) is 2. The number of benzene rings is 2. The van der Waals surface area contributed by atoms with Crippen molar-refractivity contribution in [2.24, 2.45) is 0 Å². The van der Waals surface area contributed by atoms with Gasteiger partial charge in [-0.05, 0) is 56.0 Å². The maximum Gasteiger partial charge on any atom is 0.263 e. The maximum absolute atomic E-state index is 12.6. The van der Waals surface area contributed by atoms with Crippen LogP contribution in [0.25, 0.3) is 0 Å². The van der Waals surface area contributed by atoms with Crippen molar-refractivity contribution in [1.29, 1.82) is 0 Å². The molecular weight excluding hydrogens is 364 g/mol. The Morgan fingerprint density at radius 3 is 2.45 bits per heavy atom. The molecular formula is C24H30N2O3. The summed E-state index contributed by atoms with van der Waals surface area (Å²) in [5.74, 6) is 0.696. The van der Waals surface area contributed by atoms with Crippen molar-refractivity contribution >= 4 is 11.8 Å². The van der Waals surface area contributed by atoms with Gasteiger partial charge in [0, 0.05) is 26.6 Å². The summed E-state index contributed by atoms with van der Waals surface area (Å²) < 4.78 is 6.01. The van der Waals surface area contributed by atoms with Crippen LogP contribution < -0.4 is 4.74 Å². The van der Waals surface area contributed by atoms with E-state index in [0.717, 1.165) is 17.5 Å². The van der Waals surface area contributed by atoms with Gasteiger partial charge in [-0.2, -0.15) is 0 Å². The van der Waals surface area contributed by atoms with E-state index in [4.69, 9.17) is 4.74 Å². The molecule has 2 atom stereocenters. The molecule has 0 N–H and O–H groups in total. The molecule has 2 aromatic rings. The average molecular weight is 395 g/mol. The van der Waals surface area contributed by atoms with Gasteiger partial charge in [0.15, 0.2) is 6.10 Å². The van der Waals surface area contributed by atoms with E-state index in [2.05, 4.69) is 18.2 Å². The van der Waals surface area contributed by atoms with Gasteiger partial charge in [-0.25, -0.2) is 0 Å². The molecule has 1 aliphatic heterocycles. The summed E-state index contributed by atoms with van der Waals surface area (Å²) >= 11 is 0. The molecule has 0 saturated heterocycles. The molecule has 0 radical (unpaired) electrons. The number of hydrogen-bond donors (Lipinski definition) is 0. The SMILES string of the molecule is CCN(CC)C(=O)C(C)Oc1ccc2c(c1)C(c1ccccc1)N(C(C)=O)CC2. The normalized spacial score (nSPS) is 16.7. The van der Waals surface area contributed by atoms with Crippen LogP contribution in [0.2, 0.25) is 0 Å². The molecule has 1 aliphatic rings. The number of carbonyl (C=O) groups is 2. The molecule has 0 aromatic heterocycles. The molecule has 5 heteroatoms. The van der Waals surface area contributed by atoms with Crippen molar-refractivity contribution in [1.82, 2.24) is 9.80 Å². The van der Waals surface area contributed by atoms with E-state index in [1.54, 1.807) is 18.7 Å². The molecule has 1 heterocycles. The fourth-order valence-electron chi connectivity index (χ4n) is 4.05. The van der Waals surface area contributed by atoms with Crippen molar-refractivity contribution in [3.05, 3.63) is 65.2 Å². The first-order chi connectivity index (χ1) is 14.0. The first-order valence-electron chi connectivity index (χ1n) is 10.4. The van der Waals surface area contributed by atoms with Gasteiger partial charge in [0.1, 0.15) is 5.75 Å². The average Bonchev–Trinajstić information content (AvgIpc) is 2.74. The van der Waals surface area contributed by atoms with Crippen molar-refractivity contribution in [3.63, 3.8) is 0 Å². The molecule has 0 spiro atoms. The Balaban J connectivity index is 1.93. The van der Waals surface area contributed by atoms with Gasteiger partial charge >= 0.3 is 0 Å². The Morgan fingerprint density at radius 1 is 1.14 bits per heavy atom. The van der Waals surface area contributed by atoms with E-state index in [1.165, 1.54) is 5.56 Å². The minimum atomic E-state index is -0.560. The lowest BCUT2D eigenvalue weighted by atomic mass is 9.88. The maximum atomic E-state index is 12.6. The van der Waals surface area contributed by atoms with Crippen LogP contribution in [0.5, 0.6) is 5.75 Å². The minimum absolute atomic E-state index is 0.0160. The van der Waals surface area contributed by atoms with Crippen LogP contribution in [-0.4, -0.2) is 47.4 Å². The van der Waals surface area contributed by atoms with E-state index in [9.17, 15) is 9.59 Å². The van der Waals surface area contributed by atoms with Crippen LogP contribution in [0, 0.1) is 0 Å². The number of amides is 2. The molecule has 0 fully saturated rings. The number of rotatable bonds is 6. The van der Waals surface area contributed by atoms with Gasteiger partial charge in [-0.15, -0.1) is 0 Å². The van der Waals surface area contributed by atoms with E-state index in [1.807, 2.05) is 49.1 Å². The van der Waals surface area contributed by atoms with Crippen LogP contribution in [0.1, 0.15) is 50.4 Å². The molecule has 0 aliphatic carbocycles. The smallest absolute Gasteiger partial charge is 0.263 e. The summed E-state index contributed by atoms with van der Waals surface area (Å²) in [5.41, 5.74) is 3.36. The highest BCUT2D eigenvalue weighted by molar-refractivity contribution is 5.81. The monoisotopic (exact) mass is 394 g/mol. The third-order valence-corrected chi connectivity index (χ3v) is 5.60. The van der Waals surface area contributed by atoms with E-state index in [-0.39, 0.29) is 17.9 Å². The van der Waals surface area contributed by atoms with Gasteiger partial charge in [-0.1, -0.05) is 36.4 Å². The molecule has 29 heavy (non-hydrogen) atoms. The lowest BCUT2D eigenvalue weighted by Gasteiger charge is -2.37. The van der Waals surface area contributed by atoms with Gasteiger partial charge in [0.2, 0.25) is 5.91 Å². The number of fused-ring (bicyclic) bond motifs is 1. The van der Waals surface area contributed by atoms with Gasteiger partial charge < -0.3 is 14.5 Å². The third-order valence-electron chi connectivity index (χ3n) is 5.60. The van der Waals surface area contributed by atoms with E-state index in [0.29, 0.717) is 25.4 Å². The molecule has 2 aromatic carbocycles.